The lowest BCUT2D eigenvalue weighted by Crippen LogP contribution is -2.54. The zero-order valence-electron chi connectivity index (χ0n) is 13.8. The second-order valence-electron chi connectivity index (χ2n) is 8.67. The molecule has 0 aliphatic heterocycles. The summed E-state index contributed by atoms with van der Waals surface area (Å²) in [6, 6.07) is 0.258. The second kappa shape index (κ2) is 4.61. The molecule has 0 aromatic carbocycles. The summed E-state index contributed by atoms with van der Waals surface area (Å²) < 4.78 is 0. The molecule has 4 N–H and O–H groups in total. The number of hydrogen-bond donors (Lipinski definition) is 3. The van der Waals surface area contributed by atoms with Gasteiger partial charge in [-0.2, -0.15) is 0 Å². The number of fused-ring (bicyclic) bond motifs is 5. The molecule has 7 atom stereocenters. The number of allylic oxidation sites excluding steroid dienone is 2. The number of hydrogen-bond acceptors (Lipinski definition) is 3. The molecular weight excluding hydrogens is 274 g/mol. The summed E-state index contributed by atoms with van der Waals surface area (Å²) >= 11 is 0. The van der Waals surface area contributed by atoms with Gasteiger partial charge in [-0.15, -0.1) is 0 Å². The van der Waals surface area contributed by atoms with E-state index in [0.29, 0.717) is 17.6 Å². The third-order valence-electron chi connectivity index (χ3n) is 7.71. The fourth-order valence-electron chi connectivity index (χ4n) is 6.23. The first-order valence-corrected chi connectivity index (χ1v) is 8.91. The molecule has 4 rings (SSSR count). The number of nitrogens with two attached hydrogens (primary N) is 1. The third kappa shape index (κ3) is 1.75. The van der Waals surface area contributed by atoms with Gasteiger partial charge < -0.3 is 15.9 Å². The van der Waals surface area contributed by atoms with Gasteiger partial charge in [0.2, 0.25) is 0 Å². The van der Waals surface area contributed by atoms with Gasteiger partial charge >= 0.3 is 0 Å². The molecule has 3 heteroatoms. The summed E-state index contributed by atoms with van der Waals surface area (Å²) in [6.45, 7) is 4.59. The summed E-state index contributed by atoms with van der Waals surface area (Å²) in [5, 5.41) is 21.2. The van der Waals surface area contributed by atoms with Crippen molar-refractivity contribution in [1.82, 2.24) is 0 Å². The molecule has 122 valence electrons. The maximum atomic E-state index is 10.9. The van der Waals surface area contributed by atoms with Crippen LogP contribution in [0.2, 0.25) is 0 Å². The Hall–Kier alpha value is -0.800. The molecule has 4 aliphatic carbocycles. The van der Waals surface area contributed by atoms with Crippen LogP contribution in [0.4, 0.5) is 0 Å². The van der Waals surface area contributed by atoms with E-state index in [4.69, 9.17) is 5.73 Å². The summed E-state index contributed by atoms with van der Waals surface area (Å²) in [5.41, 5.74) is 7.67. The van der Waals surface area contributed by atoms with Gasteiger partial charge in [-0.25, -0.2) is 0 Å². The molecule has 0 heterocycles. The molecule has 3 nitrogen and oxygen atoms in total. The lowest BCUT2D eigenvalue weighted by Gasteiger charge is -2.58. The molecule has 2 saturated carbocycles. The van der Waals surface area contributed by atoms with E-state index in [9.17, 15) is 10.2 Å². The van der Waals surface area contributed by atoms with E-state index in [-0.39, 0.29) is 28.9 Å². The van der Waals surface area contributed by atoms with Crippen LogP contribution in [0.5, 0.6) is 0 Å². The van der Waals surface area contributed by atoms with Crippen molar-refractivity contribution in [3.63, 3.8) is 0 Å². The molecule has 0 aromatic rings. The second-order valence-corrected chi connectivity index (χ2v) is 8.67. The van der Waals surface area contributed by atoms with Crippen molar-refractivity contribution >= 4 is 0 Å². The van der Waals surface area contributed by atoms with Gasteiger partial charge in [-0.3, -0.25) is 0 Å². The highest BCUT2D eigenvalue weighted by atomic mass is 16.3. The van der Waals surface area contributed by atoms with E-state index in [1.54, 1.807) is 0 Å². The molecule has 0 unspecified atom stereocenters. The Morgan fingerprint density at radius 3 is 2.64 bits per heavy atom. The average molecular weight is 303 g/mol. The number of aliphatic hydroxyl groups excluding tert-OH is 2. The van der Waals surface area contributed by atoms with Crippen molar-refractivity contribution in [2.45, 2.75) is 64.5 Å². The predicted octanol–water partition coefficient (Wildman–Crippen LogP) is 3.30. The van der Waals surface area contributed by atoms with Crippen LogP contribution < -0.4 is 5.73 Å². The number of aliphatic hydroxyl groups is 2. The van der Waals surface area contributed by atoms with Crippen LogP contribution in [0.25, 0.3) is 0 Å². The van der Waals surface area contributed by atoms with Gasteiger partial charge in [-0.1, -0.05) is 25.5 Å². The van der Waals surface area contributed by atoms with Gasteiger partial charge in [0.15, 0.2) is 0 Å². The van der Waals surface area contributed by atoms with Crippen LogP contribution >= 0.6 is 0 Å². The SMILES string of the molecule is C[C@]12CC[C@H](N)CC1=C[C@H](O)[C@@H]1[C@@H]2CC[C@]2(C)C(O)=CC[C@@H]12. The lowest BCUT2D eigenvalue weighted by atomic mass is 9.47. The van der Waals surface area contributed by atoms with Crippen molar-refractivity contribution in [2.24, 2.45) is 34.3 Å². The number of rotatable bonds is 0. The fraction of sp³-hybridized carbons (Fsp3) is 0.789. The standard InChI is InChI=1S/C19H29NO2/c1-18-7-5-12(20)9-11(18)10-15(21)17-13-3-4-16(22)19(13,2)8-6-14(17)18/h4,10,12-15,17,21-22H,3,5-9,20H2,1-2H3/t12-,13-,14-,15-,17-,18-,19-/m0/s1. The van der Waals surface area contributed by atoms with Gasteiger partial charge in [0, 0.05) is 11.5 Å². The van der Waals surface area contributed by atoms with E-state index in [1.165, 1.54) is 5.57 Å². The molecule has 0 saturated heterocycles. The lowest BCUT2D eigenvalue weighted by molar-refractivity contribution is -0.0789. The Morgan fingerprint density at radius 1 is 1.14 bits per heavy atom. The first kappa shape index (κ1) is 14.8. The fourth-order valence-corrected chi connectivity index (χ4v) is 6.23. The minimum atomic E-state index is -0.373. The largest absolute Gasteiger partial charge is 0.512 e. The molecular formula is C19H29NO2. The Labute approximate surface area is 133 Å². The minimum absolute atomic E-state index is 0.116. The van der Waals surface area contributed by atoms with Crippen LogP contribution in [0, 0.1) is 28.6 Å². The van der Waals surface area contributed by atoms with Crippen LogP contribution in [0.3, 0.4) is 0 Å². The normalized spacial score (nSPS) is 53.9. The molecule has 0 amide bonds. The van der Waals surface area contributed by atoms with Crippen LogP contribution in [-0.2, 0) is 0 Å². The highest BCUT2D eigenvalue weighted by molar-refractivity contribution is 5.30. The first-order valence-electron chi connectivity index (χ1n) is 8.91. The quantitative estimate of drug-likeness (QED) is 0.602. The van der Waals surface area contributed by atoms with Gasteiger partial charge in [0.25, 0.3) is 0 Å². The molecule has 22 heavy (non-hydrogen) atoms. The van der Waals surface area contributed by atoms with E-state index >= 15 is 0 Å². The highest BCUT2D eigenvalue weighted by Gasteiger charge is 2.59. The van der Waals surface area contributed by atoms with Crippen molar-refractivity contribution in [3.8, 4) is 0 Å². The van der Waals surface area contributed by atoms with Crippen molar-refractivity contribution in [2.75, 3.05) is 0 Å². The molecule has 0 spiro atoms. The Morgan fingerprint density at radius 2 is 1.86 bits per heavy atom. The maximum absolute atomic E-state index is 10.9. The van der Waals surface area contributed by atoms with Gasteiger partial charge in [0.1, 0.15) is 0 Å². The predicted molar refractivity (Wildman–Crippen MR) is 87.2 cm³/mol. The molecule has 0 bridgehead atoms. The topological polar surface area (TPSA) is 66.5 Å². The zero-order chi connectivity index (χ0) is 15.7. The minimum Gasteiger partial charge on any atom is -0.512 e. The average Bonchev–Trinajstić information content (AvgIpc) is 2.77. The van der Waals surface area contributed by atoms with E-state index in [2.05, 4.69) is 19.9 Å². The molecule has 2 fully saturated rings. The first-order chi connectivity index (χ1) is 10.4. The van der Waals surface area contributed by atoms with Crippen molar-refractivity contribution in [3.05, 3.63) is 23.5 Å². The highest BCUT2D eigenvalue weighted by Crippen LogP contribution is 2.64. The van der Waals surface area contributed by atoms with Crippen LogP contribution in [0.1, 0.15) is 52.4 Å². The van der Waals surface area contributed by atoms with E-state index in [1.807, 2.05) is 6.08 Å². The Kier molecular flexibility index (Phi) is 3.09. The van der Waals surface area contributed by atoms with Gasteiger partial charge in [-0.05, 0) is 67.8 Å². The van der Waals surface area contributed by atoms with Crippen LogP contribution in [0.15, 0.2) is 23.5 Å². The monoisotopic (exact) mass is 303 g/mol. The third-order valence-corrected chi connectivity index (χ3v) is 7.71. The van der Waals surface area contributed by atoms with Crippen molar-refractivity contribution < 1.29 is 10.2 Å². The van der Waals surface area contributed by atoms with Crippen molar-refractivity contribution in [1.29, 1.82) is 0 Å². The molecule has 0 aromatic heterocycles. The summed E-state index contributed by atoms with van der Waals surface area (Å²) in [6.07, 6.45) is 10.0. The molecule has 0 radical (unpaired) electrons. The molecule has 4 aliphatic rings. The summed E-state index contributed by atoms with van der Waals surface area (Å²) in [5.74, 6) is 1.76. The summed E-state index contributed by atoms with van der Waals surface area (Å²) in [7, 11) is 0. The van der Waals surface area contributed by atoms with Gasteiger partial charge in [0.05, 0.1) is 11.9 Å². The van der Waals surface area contributed by atoms with Crippen LogP contribution in [-0.4, -0.2) is 22.4 Å². The van der Waals surface area contributed by atoms with E-state index in [0.717, 1.165) is 38.5 Å². The Balaban J connectivity index is 1.74. The smallest absolute Gasteiger partial charge is 0.0944 e. The Bertz CT molecular complexity index is 554. The van der Waals surface area contributed by atoms with E-state index < -0.39 is 0 Å². The summed E-state index contributed by atoms with van der Waals surface area (Å²) in [4.78, 5) is 0. The zero-order valence-corrected chi connectivity index (χ0v) is 13.8. The maximum Gasteiger partial charge on any atom is 0.0944 e.